The molecule has 1 aliphatic rings. The zero-order valence-electron chi connectivity index (χ0n) is 11.7. The van der Waals surface area contributed by atoms with Gasteiger partial charge >= 0.3 is 0 Å². The topological polar surface area (TPSA) is 84.2 Å². The Balaban J connectivity index is 2.47. The predicted molar refractivity (Wildman–Crippen MR) is 74.9 cm³/mol. The highest BCUT2D eigenvalue weighted by Crippen LogP contribution is 2.23. The van der Waals surface area contributed by atoms with Crippen LogP contribution in [0.5, 0.6) is 0 Å². The van der Waals surface area contributed by atoms with E-state index in [0.717, 1.165) is 6.42 Å². The van der Waals surface area contributed by atoms with Crippen molar-refractivity contribution in [2.24, 2.45) is 11.7 Å². The van der Waals surface area contributed by atoms with E-state index in [4.69, 9.17) is 5.73 Å². The average molecular weight is 277 g/mol. The van der Waals surface area contributed by atoms with Crippen LogP contribution in [0.1, 0.15) is 39.5 Å². The normalized spacial score (nSPS) is 26.2. The minimum Gasteiger partial charge on any atom is -0.330 e. The zero-order chi connectivity index (χ0) is 13.8. The summed E-state index contributed by atoms with van der Waals surface area (Å²) < 4.78 is 25.2. The Morgan fingerprint density at radius 2 is 1.89 bits per heavy atom. The van der Waals surface area contributed by atoms with Gasteiger partial charge in [0.2, 0.25) is 10.0 Å². The van der Waals surface area contributed by atoms with Crippen molar-refractivity contribution in [3.8, 4) is 0 Å². The third kappa shape index (κ3) is 5.65. The summed E-state index contributed by atoms with van der Waals surface area (Å²) in [5, 5.41) is 3.48. The molecule has 5 nitrogen and oxygen atoms in total. The van der Waals surface area contributed by atoms with Gasteiger partial charge in [-0.1, -0.05) is 12.8 Å². The summed E-state index contributed by atoms with van der Waals surface area (Å²) in [5.41, 5.74) is 5.32. The smallest absolute Gasteiger partial charge is 0.209 e. The van der Waals surface area contributed by atoms with Crippen molar-refractivity contribution < 1.29 is 8.42 Å². The second kappa shape index (κ2) is 6.32. The fourth-order valence-electron chi connectivity index (χ4n) is 2.68. The molecule has 0 aliphatic heterocycles. The van der Waals surface area contributed by atoms with Gasteiger partial charge in [-0.15, -0.1) is 0 Å². The second-order valence-corrected chi connectivity index (χ2v) is 7.77. The highest BCUT2D eigenvalue weighted by Gasteiger charge is 2.27. The largest absolute Gasteiger partial charge is 0.330 e. The quantitative estimate of drug-likeness (QED) is 0.657. The highest BCUT2D eigenvalue weighted by molar-refractivity contribution is 7.88. The molecule has 0 aromatic rings. The molecule has 4 N–H and O–H groups in total. The monoisotopic (exact) mass is 277 g/mol. The Morgan fingerprint density at radius 3 is 2.44 bits per heavy atom. The van der Waals surface area contributed by atoms with Crippen LogP contribution in [0.2, 0.25) is 0 Å². The maximum atomic E-state index is 11.3. The minimum atomic E-state index is -3.17. The number of nitrogens with one attached hydrogen (secondary N) is 2. The number of nitrogens with two attached hydrogens (primary N) is 1. The van der Waals surface area contributed by atoms with Crippen LogP contribution < -0.4 is 15.8 Å². The van der Waals surface area contributed by atoms with E-state index in [1.165, 1.54) is 25.5 Å². The van der Waals surface area contributed by atoms with Gasteiger partial charge in [-0.3, -0.25) is 0 Å². The van der Waals surface area contributed by atoms with Gasteiger partial charge < -0.3 is 11.1 Å². The minimum absolute atomic E-state index is 0.421. The molecule has 2 unspecified atom stereocenters. The van der Waals surface area contributed by atoms with E-state index in [1.807, 2.05) is 13.8 Å². The molecule has 0 amide bonds. The first-order valence-electron chi connectivity index (χ1n) is 6.66. The molecule has 0 aromatic carbocycles. The molecule has 0 radical (unpaired) electrons. The predicted octanol–water partition coefficient (Wildman–Crippen LogP) is 0.421. The van der Waals surface area contributed by atoms with Crippen molar-refractivity contribution in [3.63, 3.8) is 0 Å². The Bertz CT molecular complexity index is 354. The summed E-state index contributed by atoms with van der Waals surface area (Å²) >= 11 is 0. The van der Waals surface area contributed by atoms with Crippen molar-refractivity contribution in [3.05, 3.63) is 0 Å². The van der Waals surface area contributed by atoms with E-state index < -0.39 is 15.6 Å². The first-order chi connectivity index (χ1) is 8.23. The molecule has 108 valence electrons. The Hall–Kier alpha value is -0.170. The third-order valence-corrected chi connectivity index (χ3v) is 4.40. The molecule has 0 spiro atoms. The Morgan fingerprint density at radius 1 is 1.28 bits per heavy atom. The number of hydrogen-bond donors (Lipinski definition) is 3. The van der Waals surface area contributed by atoms with E-state index in [-0.39, 0.29) is 0 Å². The highest BCUT2D eigenvalue weighted by atomic mass is 32.2. The van der Waals surface area contributed by atoms with Crippen molar-refractivity contribution >= 4 is 10.0 Å². The van der Waals surface area contributed by atoms with E-state index in [1.54, 1.807) is 0 Å². The van der Waals surface area contributed by atoms with E-state index in [0.29, 0.717) is 25.0 Å². The van der Waals surface area contributed by atoms with Gasteiger partial charge in [0.15, 0.2) is 0 Å². The third-order valence-electron chi connectivity index (χ3n) is 3.48. The molecule has 0 saturated heterocycles. The summed E-state index contributed by atoms with van der Waals surface area (Å²) in [5.74, 6) is 0.521. The van der Waals surface area contributed by atoms with Crippen molar-refractivity contribution in [1.29, 1.82) is 0 Å². The van der Waals surface area contributed by atoms with Crippen molar-refractivity contribution in [2.45, 2.75) is 51.1 Å². The molecule has 6 heteroatoms. The summed E-state index contributed by atoms with van der Waals surface area (Å²) in [7, 11) is -3.17. The Labute approximate surface area is 111 Å². The van der Waals surface area contributed by atoms with Gasteiger partial charge in [0.1, 0.15) is 0 Å². The summed E-state index contributed by atoms with van der Waals surface area (Å²) in [6.07, 6.45) is 5.99. The number of hydrogen-bond acceptors (Lipinski definition) is 4. The molecule has 0 aromatic heterocycles. The van der Waals surface area contributed by atoms with E-state index >= 15 is 0 Å². The standard InChI is InChI=1S/C12H27N3O2S/c1-12(2,15-18(3,16)17)9-14-11-7-5-4-6-10(11)8-13/h10-11,14-15H,4-9,13H2,1-3H3. The van der Waals surface area contributed by atoms with Gasteiger partial charge in [-0.25, -0.2) is 13.1 Å². The summed E-state index contributed by atoms with van der Waals surface area (Å²) in [6, 6.07) is 0.421. The zero-order valence-corrected chi connectivity index (χ0v) is 12.5. The maximum Gasteiger partial charge on any atom is 0.209 e. The average Bonchev–Trinajstić information content (AvgIpc) is 2.23. The molecular formula is C12H27N3O2S. The molecule has 18 heavy (non-hydrogen) atoms. The van der Waals surface area contributed by atoms with Gasteiger partial charge in [0.25, 0.3) is 0 Å². The molecule has 1 aliphatic carbocycles. The molecule has 0 heterocycles. The second-order valence-electron chi connectivity index (χ2n) is 6.03. The fourth-order valence-corrected chi connectivity index (χ4v) is 3.76. The van der Waals surface area contributed by atoms with Crippen LogP contribution in [0, 0.1) is 5.92 Å². The molecular weight excluding hydrogens is 250 g/mol. The lowest BCUT2D eigenvalue weighted by Gasteiger charge is -2.35. The number of rotatable bonds is 6. The van der Waals surface area contributed by atoms with Gasteiger partial charge in [-0.05, 0) is 39.2 Å². The van der Waals surface area contributed by atoms with Gasteiger partial charge in [0.05, 0.1) is 6.26 Å². The van der Waals surface area contributed by atoms with Crippen LogP contribution in [0.3, 0.4) is 0 Å². The molecule has 1 saturated carbocycles. The van der Waals surface area contributed by atoms with Gasteiger partial charge in [-0.2, -0.15) is 0 Å². The maximum absolute atomic E-state index is 11.3. The van der Waals surface area contributed by atoms with Crippen LogP contribution >= 0.6 is 0 Å². The van der Waals surface area contributed by atoms with Gasteiger partial charge in [0, 0.05) is 18.1 Å². The molecule has 1 fully saturated rings. The molecule has 2 atom stereocenters. The lowest BCUT2D eigenvalue weighted by molar-refractivity contribution is 0.251. The van der Waals surface area contributed by atoms with Crippen molar-refractivity contribution in [1.82, 2.24) is 10.0 Å². The van der Waals surface area contributed by atoms with Crippen LogP contribution in [0.15, 0.2) is 0 Å². The molecule has 1 rings (SSSR count). The lowest BCUT2D eigenvalue weighted by atomic mass is 9.84. The SMILES string of the molecule is CC(C)(CNC1CCCCC1CN)NS(C)(=O)=O. The van der Waals surface area contributed by atoms with Crippen LogP contribution in [-0.2, 0) is 10.0 Å². The van der Waals surface area contributed by atoms with Crippen LogP contribution in [-0.4, -0.2) is 39.3 Å². The Kier molecular flexibility index (Phi) is 5.58. The summed E-state index contributed by atoms with van der Waals surface area (Å²) in [4.78, 5) is 0. The molecule has 0 bridgehead atoms. The first kappa shape index (κ1) is 15.9. The van der Waals surface area contributed by atoms with Crippen LogP contribution in [0.4, 0.5) is 0 Å². The van der Waals surface area contributed by atoms with Crippen molar-refractivity contribution in [2.75, 3.05) is 19.3 Å². The first-order valence-corrected chi connectivity index (χ1v) is 8.55. The lowest BCUT2D eigenvalue weighted by Crippen LogP contribution is -2.54. The van der Waals surface area contributed by atoms with E-state index in [2.05, 4.69) is 10.0 Å². The number of sulfonamides is 1. The fraction of sp³-hybridized carbons (Fsp3) is 1.00. The van der Waals surface area contributed by atoms with E-state index in [9.17, 15) is 8.42 Å². The van der Waals surface area contributed by atoms with Crippen LogP contribution in [0.25, 0.3) is 0 Å². The summed E-state index contributed by atoms with van der Waals surface area (Å²) in [6.45, 7) is 5.11.